The number of rotatable bonds is 4. The summed E-state index contributed by atoms with van der Waals surface area (Å²) in [5, 5.41) is 21.6. The van der Waals surface area contributed by atoms with Crippen molar-refractivity contribution in [2.45, 2.75) is 13.3 Å². The summed E-state index contributed by atoms with van der Waals surface area (Å²) in [4.78, 5) is 14.0. The Morgan fingerprint density at radius 3 is 2.95 bits per heavy atom. The number of phenols is 1. The highest BCUT2D eigenvalue weighted by atomic mass is 16.5. The Kier molecular flexibility index (Phi) is 3.90. The molecule has 5 heteroatoms. The Balaban J connectivity index is 1.74. The van der Waals surface area contributed by atoms with Gasteiger partial charge in [-0.2, -0.15) is 0 Å². The Hall–Kier alpha value is -2.27. The minimum atomic E-state index is -0.440. The number of hydrogen-bond donors (Lipinski definition) is 2. The molecule has 0 amide bonds. The molecular weight excluding hydrogens is 282 g/mol. The predicted octanol–water partition coefficient (Wildman–Crippen LogP) is 0.418. The largest absolute Gasteiger partial charge is 0.512 e. The number of carbonyl (C=O) groups is 1. The lowest BCUT2D eigenvalue weighted by Gasteiger charge is -2.29. The molecule has 0 spiro atoms. The van der Waals surface area contributed by atoms with Gasteiger partial charge in [-0.05, 0) is 41.1 Å². The quantitative estimate of drug-likeness (QED) is 0.789. The Labute approximate surface area is 128 Å². The van der Waals surface area contributed by atoms with E-state index in [-0.39, 0.29) is 11.5 Å². The maximum atomic E-state index is 11.9. The smallest absolute Gasteiger partial charge is 0.338 e. The summed E-state index contributed by atoms with van der Waals surface area (Å²) in [6.45, 7) is 3.81. The fourth-order valence-electron chi connectivity index (χ4n) is 2.85. The van der Waals surface area contributed by atoms with E-state index in [0.717, 1.165) is 16.0 Å². The average Bonchev–Trinajstić information content (AvgIpc) is 2.48. The third kappa shape index (κ3) is 2.72. The van der Waals surface area contributed by atoms with Crippen LogP contribution < -0.4 is 10.4 Å². The zero-order valence-corrected chi connectivity index (χ0v) is 12.5. The summed E-state index contributed by atoms with van der Waals surface area (Å²) >= 11 is 0. The second kappa shape index (κ2) is 5.85. The molecule has 1 aliphatic heterocycles. The number of benzene rings is 1. The van der Waals surface area contributed by atoms with Crippen molar-refractivity contribution in [1.29, 1.82) is 0 Å². The van der Waals surface area contributed by atoms with Crippen molar-refractivity contribution in [3.05, 3.63) is 40.0 Å². The molecule has 1 aliphatic carbocycles. The normalized spacial score (nSPS) is 17.6. The summed E-state index contributed by atoms with van der Waals surface area (Å²) in [7, 11) is 0. The molecule has 1 aromatic rings. The first-order valence-corrected chi connectivity index (χ1v) is 7.43. The number of carbonyl (C=O) groups excluding carboxylic acids is 1. The van der Waals surface area contributed by atoms with E-state index in [1.165, 1.54) is 0 Å². The van der Waals surface area contributed by atoms with Crippen LogP contribution in [0, 0.1) is 0 Å². The van der Waals surface area contributed by atoms with Gasteiger partial charge in [-0.3, -0.25) is 4.90 Å². The molecule has 0 saturated heterocycles. The van der Waals surface area contributed by atoms with Crippen LogP contribution in [0.5, 0.6) is 5.75 Å². The number of ether oxygens (including phenoxy) is 1. The van der Waals surface area contributed by atoms with Gasteiger partial charge < -0.3 is 14.9 Å². The molecule has 116 valence electrons. The lowest BCUT2D eigenvalue weighted by atomic mass is 9.98. The topological polar surface area (TPSA) is 70.0 Å². The predicted molar refractivity (Wildman–Crippen MR) is 82.6 cm³/mol. The van der Waals surface area contributed by atoms with Crippen molar-refractivity contribution < 1.29 is 19.7 Å². The molecule has 0 unspecified atom stereocenters. The van der Waals surface area contributed by atoms with Gasteiger partial charge in [0.05, 0.1) is 12.2 Å². The highest BCUT2D eigenvalue weighted by Crippen LogP contribution is 2.19. The summed E-state index contributed by atoms with van der Waals surface area (Å²) in [5.41, 5.74) is 1.49. The maximum Gasteiger partial charge on any atom is 0.338 e. The second-order valence-electron chi connectivity index (χ2n) is 5.55. The van der Waals surface area contributed by atoms with Crippen LogP contribution in [-0.4, -0.2) is 47.3 Å². The van der Waals surface area contributed by atoms with Crippen molar-refractivity contribution in [3.8, 4) is 5.75 Å². The van der Waals surface area contributed by atoms with E-state index in [9.17, 15) is 15.0 Å². The molecule has 1 aromatic carbocycles. The van der Waals surface area contributed by atoms with E-state index in [2.05, 4.69) is 11.0 Å². The number of nitrogens with zero attached hydrogens (tertiary/aromatic N) is 1. The van der Waals surface area contributed by atoms with Crippen molar-refractivity contribution in [2.75, 3.05) is 26.2 Å². The van der Waals surface area contributed by atoms with Gasteiger partial charge in [0.15, 0.2) is 0 Å². The van der Waals surface area contributed by atoms with E-state index < -0.39 is 5.97 Å². The third-order valence-electron chi connectivity index (χ3n) is 4.02. The van der Waals surface area contributed by atoms with Crippen LogP contribution in [0.3, 0.4) is 0 Å². The van der Waals surface area contributed by atoms with Crippen molar-refractivity contribution in [2.24, 2.45) is 0 Å². The molecule has 0 bridgehead atoms. The van der Waals surface area contributed by atoms with Crippen molar-refractivity contribution >= 4 is 17.6 Å². The zero-order chi connectivity index (χ0) is 15.7. The van der Waals surface area contributed by atoms with Gasteiger partial charge in [0.1, 0.15) is 11.5 Å². The Bertz CT molecular complexity index is 763. The molecule has 2 aliphatic rings. The molecule has 3 rings (SSSR count). The fourth-order valence-corrected chi connectivity index (χ4v) is 2.85. The monoisotopic (exact) mass is 301 g/mol. The van der Waals surface area contributed by atoms with Gasteiger partial charge in [0, 0.05) is 26.1 Å². The standard InChI is InChI=1S/C17H19NO4/c1-2-22-17(21)15-10-18(6-5-16(15)20)9-12-7-11-3-4-13(19)8-14(11)12/h3-4,7-8,19-20H,2,5-6,9-10H2,1H3. The number of fused-ring (bicyclic) bond motifs is 1. The van der Waals surface area contributed by atoms with Gasteiger partial charge >= 0.3 is 5.97 Å². The number of aromatic hydroxyl groups is 1. The summed E-state index contributed by atoms with van der Waals surface area (Å²) in [5.74, 6) is -0.0478. The lowest BCUT2D eigenvalue weighted by molar-refractivity contribution is -0.139. The molecule has 0 saturated carbocycles. The van der Waals surface area contributed by atoms with Crippen LogP contribution in [-0.2, 0) is 9.53 Å². The molecule has 0 radical (unpaired) electrons. The van der Waals surface area contributed by atoms with Crippen molar-refractivity contribution in [3.63, 3.8) is 0 Å². The molecular formula is C17H19NO4. The number of hydrogen-bond acceptors (Lipinski definition) is 5. The van der Waals surface area contributed by atoms with Crippen LogP contribution in [0.25, 0.3) is 11.6 Å². The first kappa shape index (κ1) is 14.7. The minimum Gasteiger partial charge on any atom is -0.512 e. The highest BCUT2D eigenvalue weighted by molar-refractivity contribution is 5.90. The van der Waals surface area contributed by atoms with E-state index in [1.54, 1.807) is 19.1 Å². The molecule has 0 atom stereocenters. The second-order valence-corrected chi connectivity index (χ2v) is 5.55. The first-order valence-electron chi connectivity index (χ1n) is 7.43. The van der Waals surface area contributed by atoms with Gasteiger partial charge in [-0.25, -0.2) is 4.79 Å². The van der Waals surface area contributed by atoms with Crippen LogP contribution in [0.15, 0.2) is 29.5 Å². The van der Waals surface area contributed by atoms with Gasteiger partial charge in [-0.15, -0.1) is 0 Å². The average molecular weight is 301 g/mol. The molecule has 22 heavy (non-hydrogen) atoms. The van der Waals surface area contributed by atoms with E-state index in [0.29, 0.717) is 38.2 Å². The SMILES string of the molecule is CCOC(=O)C1=C(O)CCN(CC2=c3cc(O)ccc3=C2)C1. The summed E-state index contributed by atoms with van der Waals surface area (Å²) in [6, 6.07) is 5.32. The number of aliphatic hydroxyl groups is 1. The fraction of sp³-hybridized carbons (Fsp3) is 0.353. The van der Waals surface area contributed by atoms with Gasteiger partial charge in [0.25, 0.3) is 0 Å². The van der Waals surface area contributed by atoms with Crippen LogP contribution in [0.1, 0.15) is 13.3 Å². The van der Waals surface area contributed by atoms with Crippen molar-refractivity contribution in [1.82, 2.24) is 4.90 Å². The van der Waals surface area contributed by atoms with Gasteiger partial charge in [-0.1, -0.05) is 6.07 Å². The molecule has 0 fully saturated rings. The van der Waals surface area contributed by atoms with Crippen LogP contribution in [0.4, 0.5) is 0 Å². The third-order valence-corrected chi connectivity index (χ3v) is 4.02. The highest BCUT2D eigenvalue weighted by Gasteiger charge is 2.25. The Morgan fingerprint density at radius 1 is 1.36 bits per heavy atom. The minimum absolute atomic E-state index is 0.135. The van der Waals surface area contributed by atoms with E-state index >= 15 is 0 Å². The summed E-state index contributed by atoms with van der Waals surface area (Å²) in [6.07, 6.45) is 2.53. The maximum absolute atomic E-state index is 11.9. The Morgan fingerprint density at radius 2 is 2.18 bits per heavy atom. The zero-order valence-electron chi connectivity index (χ0n) is 12.5. The van der Waals surface area contributed by atoms with Crippen LogP contribution >= 0.6 is 0 Å². The number of esters is 1. The molecule has 2 N–H and O–H groups in total. The first-order chi connectivity index (χ1) is 10.6. The van der Waals surface area contributed by atoms with Crippen LogP contribution in [0.2, 0.25) is 0 Å². The van der Waals surface area contributed by atoms with Gasteiger partial charge in [0.2, 0.25) is 0 Å². The molecule has 0 aromatic heterocycles. The van der Waals surface area contributed by atoms with E-state index in [4.69, 9.17) is 4.74 Å². The molecule has 1 heterocycles. The summed E-state index contributed by atoms with van der Waals surface area (Å²) < 4.78 is 4.99. The molecule has 5 nitrogen and oxygen atoms in total. The lowest BCUT2D eigenvalue weighted by Crippen LogP contribution is -2.41. The van der Waals surface area contributed by atoms with E-state index in [1.807, 2.05) is 6.07 Å². The number of phenolic OH excluding ortho intramolecular Hbond substituents is 1. The number of aliphatic hydroxyl groups excluding tert-OH is 1.